The number of H-pyrrole nitrogens is 1. The maximum atomic E-state index is 12.0. The highest BCUT2D eigenvalue weighted by Crippen LogP contribution is 2.16. The van der Waals surface area contributed by atoms with Crippen molar-refractivity contribution < 1.29 is 14.3 Å². The van der Waals surface area contributed by atoms with Crippen LogP contribution in [-0.2, 0) is 26.5 Å². The van der Waals surface area contributed by atoms with E-state index in [1.54, 1.807) is 47.4 Å². The summed E-state index contributed by atoms with van der Waals surface area (Å²) in [5.74, 6) is 0.782. The summed E-state index contributed by atoms with van der Waals surface area (Å²) >= 11 is 3.44. The zero-order chi connectivity index (χ0) is 19.8. The van der Waals surface area contributed by atoms with E-state index in [9.17, 15) is 14.4 Å². The summed E-state index contributed by atoms with van der Waals surface area (Å²) in [5, 5.41) is 12.1. The number of thioether (sulfide) groups is 1. The Morgan fingerprint density at radius 1 is 1.18 bits per heavy atom. The summed E-state index contributed by atoms with van der Waals surface area (Å²) in [7, 11) is 0. The summed E-state index contributed by atoms with van der Waals surface area (Å²) in [6, 6.07) is 11.0. The molecule has 0 spiro atoms. The minimum Gasteiger partial charge on any atom is -0.455 e. The normalized spacial score (nSPS) is 10.7. The van der Waals surface area contributed by atoms with Gasteiger partial charge in [-0.05, 0) is 17.5 Å². The number of nitrogens with zero attached hydrogens (tertiary/aromatic N) is 1. The molecule has 2 N–H and O–H groups in total. The number of nitrogens with one attached hydrogen (secondary N) is 2. The Kier molecular flexibility index (Phi) is 7.21. The van der Waals surface area contributed by atoms with Gasteiger partial charge in [0.05, 0.1) is 17.5 Å². The summed E-state index contributed by atoms with van der Waals surface area (Å²) in [6.45, 7) is 0.175. The third kappa shape index (κ3) is 5.67. The molecule has 0 aliphatic carbocycles. The zero-order valence-corrected chi connectivity index (χ0v) is 16.6. The molecule has 28 heavy (non-hydrogen) atoms. The lowest BCUT2D eigenvalue weighted by Gasteiger charge is -2.07. The minimum atomic E-state index is -0.577. The molecule has 9 heteroatoms. The van der Waals surface area contributed by atoms with Crippen molar-refractivity contribution in [2.24, 2.45) is 0 Å². The standard InChI is InChI=1S/C19H19N3O4S2/c23-17(20-7-9-27-12-13-4-3-8-28-13)11-26-18(24)10-16-14-5-1-2-6-15(14)19(25)22-21-16/h1-6,8H,7,9-12H2,(H,20,23)(H,22,25). The van der Waals surface area contributed by atoms with E-state index in [1.807, 2.05) is 11.4 Å². The maximum Gasteiger partial charge on any atom is 0.312 e. The third-order valence-corrected chi connectivity index (χ3v) is 5.91. The van der Waals surface area contributed by atoms with Crippen LogP contribution >= 0.6 is 23.1 Å². The van der Waals surface area contributed by atoms with Gasteiger partial charge in [0.1, 0.15) is 0 Å². The van der Waals surface area contributed by atoms with E-state index >= 15 is 0 Å². The number of esters is 1. The van der Waals surface area contributed by atoms with Gasteiger partial charge in [-0.1, -0.05) is 24.3 Å². The lowest BCUT2D eigenvalue weighted by Crippen LogP contribution is -2.31. The number of carbonyl (C=O) groups excluding carboxylic acids is 2. The number of hydrogen-bond acceptors (Lipinski definition) is 7. The summed E-state index contributed by atoms with van der Waals surface area (Å²) in [4.78, 5) is 36.9. The van der Waals surface area contributed by atoms with Crippen LogP contribution in [-0.4, -0.2) is 41.0 Å². The molecule has 1 aromatic carbocycles. The topological polar surface area (TPSA) is 101 Å². The Hall–Kier alpha value is -2.65. The Bertz CT molecular complexity index is 1000. The molecular weight excluding hydrogens is 398 g/mol. The SMILES string of the molecule is O=C(COC(=O)Cc1n[nH]c(=O)c2ccccc12)NCCSCc1cccs1. The highest BCUT2D eigenvalue weighted by molar-refractivity contribution is 7.98. The predicted octanol–water partition coefficient (Wildman–Crippen LogP) is 2.12. The van der Waals surface area contributed by atoms with Crippen LogP contribution in [0.25, 0.3) is 10.8 Å². The molecular formula is C19H19N3O4S2. The molecule has 0 aliphatic rings. The van der Waals surface area contributed by atoms with Gasteiger partial charge < -0.3 is 10.1 Å². The van der Waals surface area contributed by atoms with Crippen LogP contribution in [0.5, 0.6) is 0 Å². The van der Waals surface area contributed by atoms with Crippen molar-refractivity contribution in [1.82, 2.24) is 15.5 Å². The number of amides is 1. The lowest BCUT2D eigenvalue weighted by molar-refractivity contribution is -0.147. The van der Waals surface area contributed by atoms with Gasteiger partial charge in [-0.2, -0.15) is 16.9 Å². The monoisotopic (exact) mass is 417 g/mol. The van der Waals surface area contributed by atoms with Gasteiger partial charge in [-0.25, -0.2) is 5.10 Å². The molecule has 1 amide bonds. The van der Waals surface area contributed by atoms with E-state index in [0.29, 0.717) is 23.0 Å². The third-order valence-electron chi connectivity index (χ3n) is 3.84. The van der Waals surface area contributed by atoms with Crippen molar-refractivity contribution in [2.45, 2.75) is 12.2 Å². The van der Waals surface area contributed by atoms with Crippen LogP contribution in [0.15, 0.2) is 46.6 Å². The Morgan fingerprint density at radius 2 is 2.00 bits per heavy atom. The number of carbonyl (C=O) groups is 2. The summed E-state index contributed by atoms with van der Waals surface area (Å²) in [6.07, 6.45) is -0.124. The minimum absolute atomic E-state index is 0.124. The van der Waals surface area contributed by atoms with E-state index in [-0.39, 0.29) is 24.5 Å². The first-order valence-corrected chi connectivity index (χ1v) is 10.7. The average molecular weight is 418 g/mol. The van der Waals surface area contributed by atoms with Crippen molar-refractivity contribution in [3.8, 4) is 0 Å². The zero-order valence-electron chi connectivity index (χ0n) is 15.0. The maximum absolute atomic E-state index is 12.0. The fourth-order valence-corrected chi connectivity index (χ4v) is 4.22. The highest BCUT2D eigenvalue weighted by atomic mass is 32.2. The fourth-order valence-electron chi connectivity index (χ4n) is 2.52. The van der Waals surface area contributed by atoms with Gasteiger partial charge in [-0.3, -0.25) is 14.4 Å². The number of fused-ring (bicyclic) bond motifs is 1. The van der Waals surface area contributed by atoms with Crippen LogP contribution in [0.2, 0.25) is 0 Å². The number of aromatic nitrogens is 2. The van der Waals surface area contributed by atoms with Gasteiger partial charge in [-0.15, -0.1) is 11.3 Å². The van der Waals surface area contributed by atoms with E-state index in [1.165, 1.54) is 4.88 Å². The molecule has 7 nitrogen and oxygen atoms in total. The molecule has 0 unspecified atom stereocenters. The van der Waals surface area contributed by atoms with Crippen LogP contribution < -0.4 is 10.9 Å². The van der Waals surface area contributed by atoms with Gasteiger partial charge in [0.15, 0.2) is 6.61 Å². The Labute approximate surface area is 169 Å². The van der Waals surface area contributed by atoms with E-state index < -0.39 is 5.97 Å². The predicted molar refractivity (Wildman–Crippen MR) is 111 cm³/mol. The molecule has 0 atom stereocenters. The van der Waals surface area contributed by atoms with Gasteiger partial charge in [0.2, 0.25) is 0 Å². The van der Waals surface area contributed by atoms with Crippen LogP contribution in [0.4, 0.5) is 0 Å². The lowest BCUT2D eigenvalue weighted by atomic mass is 10.1. The van der Waals surface area contributed by atoms with Crippen LogP contribution in [0, 0.1) is 0 Å². The first-order valence-electron chi connectivity index (χ1n) is 8.62. The molecule has 0 radical (unpaired) electrons. The number of thiophene rings is 1. The largest absolute Gasteiger partial charge is 0.455 e. The van der Waals surface area contributed by atoms with Crippen molar-refractivity contribution in [3.63, 3.8) is 0 Å². The van der Waals surface area contributed by atoms with Crippen LogP contribution in [0.3, 0.4) is 0 Å². The molecule has 2 aromatic heterocycles. The second-order valence-corrected chi connectivity index (χ2v) is 8.00. The number of hydrogen-bond donors (Lipinski definition) is 2. The smallest absolute Gasteiger partial charge is 0.312 e. The first-order chi connectivity index (χ1) is 13.6. The molecule has 0 saturated carbocycles. The molecule has 0 saturated heterocycles. The molecule has 0 bridgehead atoms. The van der Waals surface area contributed by atoms with E-state index in [4.69, 9.17) is 4.74 Å². The first kappa shape index (κ1) is 20.1. The second kappa shape index (κ2) is 10.0. The van der Waals surface area contributed by atoms with Gasteiger partial charge >= 0.3 is 5.97 Å². The average Bonchev–Trinajstić information content (AvgIpc) is 3.22. The van der Waals surface area contributed by atoms with E-state index in [2.05, 4.69) is 21.6 Å². The second-order valence-electron chi connectivity index (χ2n) is 5.86. The number of ether oxygens (including phenoxy) is 1. The summed E-state index contributed by atoms with van der Waals surface area (Å²) < 4.78 is 5.01. The number of aromatic amines is 1. The molecule has 2 heterocycles. The quantitative estimate of drug-likeness (QED) is 0.409. The Balaban J connectivity index is 1.39. The molecule has 3 aromatic rings. The van der Waals surface area contributed by atoms with Crippen molar-refractivity contribution >= 4 is 45.7 Å². The highest BCUT2D eigenvalue weighted by Gasteiger charge is 2.13. The molecule has 146 valence electrons. The fraction of sp³-hybridized carbons (Fsp3) is 0.263. The van der Waals surface area contributed by atoms with Gasteiger partial charge in [0, 0.05) is 28.3 Å². The summed E-state index contributed by atoms with van der Waals surface area (Å²) in [5.41, 5.74) is 0.0922. The van der Waals surface area contributed by atoms with Crippen LogP contribution in [0.1, 0.15) is 10.6 Å². The Morgan fingerprint density at radius 3 is 2.79 bits per heavy atom. The van der Waals surface area contributed by atoms with Gasteiger partial charge in [0.25, 0.3) is 11.5 Å². The van der Waals surface area contributed by atoms with Crippen molar-refractivity contribution in [1.29, 1.82) is 0 Å². The van der Waals surface area contributed by atoms with E-state index in [0.717, 1.165) is 11.5 Å². The molecule has 3 rings (SSSR count). The van der Waals surface area contributed by atoms with Crippen molar-refractivity contribution in [3.05, 3.63) is 62.7 Å². The molecule has 0 aliphatic heterocycles. The van der Waals surface area contributed by atoms with Crippen molar-refractivity contribution in [2.75, 3.05) is 18.9 Å². The molecule has 0 fully saturated rings. The number of benzene rings is 1. The number of rotatable bonds is 9.